The number of nitrogens with zero attached hydrogens (tertiary/aromatic N) is 2. The summed E-state index contributed by atoms with van der Waals surface area (Å²) in [5.74, 6) is 0.567. The molecule has 3 fully saturated rings. The van der Waals surface area contributed by atoms with Crippen molar-refractivity contribution in [1.29, 1.82) is 0 Å². The highest BCUT2D eigenvalue weighted by Gasteiger charge is 2.60. The van der Waals surface area contributed by atoms with E-state index in [2.05, 4.69) is 4.90 Å². The molecule has 31 heavy (non-hydrogen) atoms. The molecule has 2 heterocycles. The number of benzene rings is 1. The highest BCUT2D eigenvalue weighted by atomic mass is 32.2. The van der Waals surface area contributed by atoms with E-state index in [-0.39, 0.29) is 25.0 Å². The molecule has 3 aliphatic rings. The van der Waals surface area contributed by atoms with Gasteiger partial charge in [-0.25, -0.2) is 4.79 Å². The van der Waals surface area contributed by atoms with Gasteiger partial charge in [0, 0.05) is 24.5 Å². The second-order valence-corrected chi connectivity index (χ2v) is 11.1. The summed E-state index contributed by atoms with van der Waals surface area (Å²) in [7, 11) is -3.59. The number of amides is 1. The van der Waals surface area contributed by atoms with Crippen LogP contribution >= 0.6 is 0 Å². The molecular weight excluding hydrogens is 424 g/mol. The van der Waals surface area contributed by atoms with Gasteiger partial charge in [-0.05, 0) is 56.9 Å². The van der Waals surface area contributed by atoms with Crippen LogP contribution in [0.25, 0.3) is 0 Å². The Morgan fingerprint density at radius 3 is 2.23 bits per heavy atom. The van der Waals surface area contributed by atoms with Crippen molar-refractivity contribution in [3.63, 3.8) is 0 Å². The molecule has 1 aromatic carbocycles. The van der Waals surface area contributed by atoms with E-state index in [9.17, 15) is 18.0 Å². The van der Waals surface area contributed by atoms with Crippen molar-refractivity contribution in [3.05, 3.63) is 24.3 Å². The van der Waals surface area contributed by atoms with E-state index in [0.29, 0.717) is 17.5 Å². The number of cyclic esters (lactones) is 1. The Kier molecular flexibility index (Phi) is 5.41. The lowest BCUT2D eigenvalue weighted by Crippen LogP contribution is -2.30. The van der Waals surface area contributed by atoms with Crippen molar-refractivity contribution in [1.82, 2.24) is 0 Å². The molecule has 0 N–H and O–H groups in total. The average Bonchev–Trinajstić information content (AvgIpc) is 2.97. The number of anilines is 2. The zero-order valence-electron chi connectivity index (χ0n) is 18.1. The fraction of sp³-hybridized carbons (Fsp3) is 0.619. The van der Waals surface area contributed by atoms with Crippen LogP contribution in [0, 0.1) is 17.8 Å². The van der Waals surface area contributed by atoms with Crippen molar-refractivity contribution in [3.8, 4) is 0 Å². The summed E-state index contributed by atoms with van der Waals surface area (Å²) in [5.41, 5.74) is 1.24. The maximum Gasteiger partial charge on any atom is 0.414 e. The summed E-state index contributed by atoms with van der Waals surface area (Å²) in [4.78, 5) is 28.1. The zero-order valence-corrected chi connectivity index (χ0v) is 18.9. The Balaban J connectivity index is 1.31. The fourth-order valence-corrected chi connectivity index (χ4v) is 4.72. The van der Waals surface area contributed by atoms with Crippen LogP contribution in [-0.4, -0.2) is 64.7 Å². The second kappa shape index (κ2) is 7.67. The quantitative estimate of drug-likeness (QED) is 0.477. The largest absolute Gasteiger partial charge is 0.460 e. The minimum atomic E-state index is -3.59. The molecule has 2 saturated heterocycles. The monoisotopic (exact) mass is 452 g/mol. The van der Waals surface area contributed by atoms with E-state index >= 15 is 0 Å². The molecule has 1 amide bonds. The fourth-order valence-electron chi connectivity index (χ4n) is 4.32. The molecule has 9 nitrogen and oxygen atoms in total. The van der Waals surface area contributed by atoms with Gasteiger partial charge in [-0.2, -0.15) is 8.42 Å². The van der Waals surface area contributed by atoms with Gasteiger partial charge in [0.05, 0.1) is 18.7 Å². The lowest BCUT2D eigenvalue weighted by Gasteiger charge is -2.24. The Labute approximate surface area is 182 Å². The van der Waals surface area contributed by atoms with E-state index in [1.165, 1.54) is 4.90 Å². The van der Waals surface area contributed by atoms with Gasteiger partial charge in [-0.1, -0.05) is 0 Å². The Morgan fingerprint density at radius 1 is 1.10 bits per heavy atom. The Hall–Kier alpha value is -2.33. The van der Waals surface area contributed by atoms with Crippen LogP contribution in [0.15, 0.2) is 24.3 Å². The average molecular weight is 453 g/mol. The highest BCUT2D eigenvalue weighted by molar-refractivity contribution is 7.85. The molecule has 0 bridgehead atoms. The molecule has 0 radical (unpaired) electrons. The van der Waals surface area contributed by atoms with E-state index in [0.717, 1.165) is 25.0 Å². The SMILES string of the molecule is CC(C)(C)OC(=O)C1C2CN(c3ccc(N4CC(COS(C)(=O)=O)OC4=O)cc3)CC21. The summed E-state index contributed by atoms with van der Waals surface area (Å²) >= 11 is 0. The molecule has 3 atom stereocenters. The first kappa shape index (κ1) is 21.9. The summed E-state index contributed by atoms with van der Waals surface area (Å²) in [6, 6.07) is 7.56. The molecule has 10 heteroatoms. The number of ether oxygens (including phenoxy) is 2. The Morgan fingerprint density at radius 2 is 1.68 bits per heavy atom. The van der Waals surface area contributed by atoms with Crippen LogP contribution in [0.2, 0.25) is 0 Å². The number of hydrogen-bond acceptors (Lipinski definition) is 8. The van der Waals surface area contributed by atoms with E-state index in [1.807, 2.05) is 45.0 Å². The summed E-state index contributed by atoms with van der Waals surface area (Å²) in [6.07, 6.45) is -0.215. The summed E-state index contributed by atoms with van der Waals surface area (Å²) in [5, 5.41) is 0. The third-order valence-electron chi connectivity index (χ3n) is 5.74. The molecule has 1 saturated carbocycles. The number of rotatable bonds is 6. The molecule has 170 valence electrons. The van der Waals surface area contributed by atoms with Crippen molar-refractivity contribution >= 4 is 33.6 Å². The topological polar surface area (TPSA) is 102 Å². The molecule has 1 aliphatic carbocycles. The molecule has 0 aromatic heterocycles. The highest BCUT2D eigenvalue weighted by Crippen LogP contribution is 2.53. The van der Waals surface area contributed by atoms with Crippen LogP contribution < -0.4 is 9.80 Å². The predicted octanol–water partition coefficient (Wildman–Crippen LogP) is 2.01. The minimum Gasteiger partial charge on any atom is -0.460 e. The smallest absolute Gasteiger partial charge is 0.414 e. The molecule has 1 aromatic rings. The second-order valence-electron chi connectivity index (χ2n) is 9.41. The van der Waals surface area contributed by atoms with Crippen LogP contribution in [-0.2, 0) is 28.6 Å². The van der Waals surface area contributed by atoms with Crippen LogP contribution in [0.5, 0.6) is 0 Å². The third kappa shape index (κ3) is 4.95. The molecule has 0 spiro atoms. The van der Waals surface area contributed by atoms with E-state index in [4.69, 9.17) is 13.7 Å². The normalized spacial score (nSPS) is 27.8. The van der Waals surface area contributed by atoms with Gasteiger partial charge in [-0.3, -0.25) is 13.9 Å². The molecule has 3 unspecified atom stereocenters. The third-order valence-corrected chi connectivity index (χ3v) is 6.31. The van der Waals surface area contributed by atoms with E-state index < -0.39 is 27.9 Å². The van der Waals surface area contributed by atoms with Crippen molar-refractivity contribution < 1.29 is 31.7 Å². The van der Waals surface area contributed by atoms with Crippen LogP contribution in [0.4, 0.5) is 16.2 Å². The zero-order chi connectivity index (χ0) is 22.6. The van der Waals surface area contributed by atoms with Crippen molar-refractivity contribution in [2.24, 2.45) is 17.8 Å². The lowest BCUT2D eigenvalue weighted by atomic mass is 10.2. The van der Waals surface area contributed by atoms with Crippen molar-refractivity contribution in [2.45, 2.75) is 32.5 Å². The van der Waals surface area contributed by atoms with Gasteiger partial charge in [0.25, 0.3) is 10.1 Å². The van der Waals surface area contributed by atoms with Gasteiger partial charge in [0.1, 0.15) is 18.3 Å². The number of piperidine rings is 1. The minimum absolute atomic E-state index is 0.000191. The molecule has 4 rings (SSSR count). The lowest BCUT2D eigenvalue weighted by molar-refractivity contribution is -0.157. The van der Waals surface area contributed by atoms with Gasteiger partial charge in [0.15, 0.2) is 0 Å². The number of carbonyl (C=O) groups excluding carboxylic acids is 2. The number of carbonyl (C=O) groups is 2. The van der Waals surface area contributed by atoms with Gasteiger partial charge in [0.2, 0.25) is 0 Å². The van der Waals surface area contributed by atoms with Gasteiger partial charge in [-0.15, -0.1) is 0 Å². The summed E-state index contributed by atoms with van der Waals surface area (Å²) in [6.45, 7) is 7.29. The summed E-state index contributed by atoms with van der Waals surface area (Å²) < 4.78 is 37.7. The molecule has 2 aliphatic heterocycles. The Bertz CT molecular complexity index is 958. The van der Waals surface area contributed by atoms with Crippen LogP contribution in [0.3, 0.4) is 0 Å². The van der Waals surface area contributed by atoms with Crippen molar-refractivity contribution in [2.75, 3.05) is 42.3 Å². The van der Waals surface area contributed by atoms with Crippen LogP contribution in [0.1, 0.15) is 20.8 Å². The van der Waals surface area contributed by atoms with E-state index in [1.54, 1.807) is 0 Å². The molecular formula is C21H28N2O7S. The number of esters is 1. The maximum absolute atomic E-state index is 12.3. The maximum atomic E-state index is 12.3. The predicted molar refractivity (Wildman–Crippen MR) is 113 cm³/mol. The van der Waals surface area contributed by atoms with Gasteiger partial charge >= 0.3 is 12.1 Å². The first-order valence-electron chi connectivity index (χ1n) is 10.3. The first-order valence-corrected chi connectivity index (χ1v) is 12.1. The van der Waals surface area contributed by atoms with Gasteiger partial charge < -0.3 is 14.4 Å². The standard InChI is InChI=1S/C21H28N2O7S/c1-21(2,3)30-19(24)18-16-10-22(11-17(16)18)13-5-7-14(8-6-13)23-9-15(29-20(23)25)12-28-31(4,26)27/h5-8,15-18H,9-12H2,1-4H3. The first-order chi connectivity index (χ1) is 14.4. The number of hydrogen-bond donors (Lipinski definition) is 0. The number of fused-ring (bicyclic) bond motifs is 1.